The van der Waals surface area contributed by atoms with E-state index in [1.54, 1.807) is 0 Å². The Labute approximate surface area is 119 Å². The minimum absolute atomic E-state index is 0.267. The zero-order valence-corrected chi connectivity index (χ0v) is 12.1. The molecule has 1 unspecified atom stereocenters. The number of hydrogen-bond acceptors (Lipinski definition) is 5. The molecule has 1 aliphatic heterocycles. The molecule has 1 aromatic carbocycles. The largest absolute Gasteiger partial charge is 0.439 e. The van der Waals surface area contributed by atoms with Gasteiger partial charge >= 0.3 is 0 Å². The van der Waals surface area contributed by atoms with Crippen LogP contribution in [0.15, 0.2) is 28.7 Å². The SMILES string of the molecule is CN(C)CC1CN(Cc2nc3ccccc3o2)CCO1. The molecule has 20 heavy (non-hydrogen) atoms. The first-order valence-electron chi connectivity index (χ1n) is 7.04. The summed E-state index contributed by atoms with van der Waals surface area (Å²) in [6.45, 7) is 4.34. The summed E-state index contributed by atoms with van der Waals surface area (Å²) in [7, 11) is 4.15. The molecule has 5 nitrogen and oxygen atoms in total. The number of fused-ring (bicyclic) bond motifs is 1. The van der Waals surface area contributed by atoms with E-state index in [4.69, 9.17) is 9.15 Å². The summed E-state index contributed by atoms with van der Waals surface area (Å²) in [5.41, 5.74) is 1.79. The van der Waals surface area contributed by atoms with Crippen LogP contribution in [0.3, 0.4) is 0 Å². The third kappa shape index (κ3) is 3.17. The molecule has 2 heterocycles. The van der Waals surface area contributed by atoms with Crippen LogP contribution in [0.25, 0.3) is 11.1 Å². The van der Waals surface area contributed by atoms with Gasteiger partial charge in [-0.3, -0.25) is 4.90 Å². The van der Waals surface area contributed by atoms with Crippen molar-refractivity contribution in [3.63, 3.8) is 0 Å². The summed E-state index contributed by atoms with van der Waals surface area (Å²) >= 11 is 0. The molecule has 0 aliphatic carbocycles. The van der Waals surface area contributed by atoms with Crippen LogP contribution < -0.4 is 0 Å². The van der Waals surface area contributed by atoms with Crippen molar-refractivity contribution >= 4 is 11.1 Å². The monoisotopic (exact) mass is 275 g/mol. The van der Waals surface area contributed by atoms with Crippen molar-refractivity contribution < 1.29 is 9.15 Å². The van der Waals surface area contributed by atoms with Crippen molar-refractivity contribution in [2.75, 3.05) is 40.3 Å². The van der Waals surface area contributed by atoms with Crippen LogP contribution in [0.5, 0.6) is 0 Å². The Morgan fingerprint density at radius 2 is 2.20 bits per heavy atom. The van der Waals surface area contributed by atoms with E-state index in [1.807, 2.05) is 24.3 Å². The maximum Gasteiger partial charge on any atom is 0.209 e. The van der Waals surface area contributed by atoms with Gasteiger partial charge in [-0.25, -0.2) is 4.98 Å². The average Bonchev–Trinajstić information content (AvgIpc) is 2.80. The Balaban J connectivity index is 1.64. The van der Waals surface area contributed by atoms with Crippen LogP contribution >= 0.6 is 0 Å². The van der Waals surface area contributed by atoms with E-state index in [9.17, 15) is 0 Å². The molecule has 0 radical (unpaired) electrons. The van der Waals surface area contributed by atoms with Crippen LogP contribution in [0.4, 0.5) is 0 Å². The normalized spacial score (nSPS) is 20.9. The van der Waals surface area contributed by atoms with Crippen LogP contribution in [0.2, 0.25) is 0 Å². The molecule has 1 saturated heterocycles. The van der Waals surface area contributed by atoms with Crippen LogP contribution in [-0.2, 0) is 11.3 Å². The van der Waals surface area contributed by atoms with Crippen LogP contribution in [-0.4, -0.2) is 61.2 Å². The highest BCUT2D eigenvalue weighted by Crippen LogP contribution is 2.17. The quantitative estimate of drug-likeness (QED) is 0.847. The molecule has 0 amide bonds. The van der Waals surface area contributed by atoms with E-state index in [1.165, 1.54) is 0 Å². The Bertz CT molecular complexity index is 534. The summed E-state index contributed by atoms with van der Waals surface area (Å²) in [5, 5.41) is 0. The predicted molar refractivity (Wildman–Crippen MR) is 77.6 cm³/mol. The van der Waals surface area contributed by atoms with Gasteiger partial charge in [-0.15, -0.1) is 0 Å². The highest BCUT2D eigenvalue weighted by molar-refractivity contribution is 5.72. The molecular weight excluding hydrogens is 254 g/mol. The number of rotatable bonds is 4. The van der Waals surface area contributed by atoms with Crippen LogP contribution in [0, 0.1) is 0 Å². The van der Waals surface area contributed by atoms with E-state index < -0.39 is 0 Å². The fraction of sp³-hybridized carbons (Fsp3) is 0.533. The highest BCUT2D eigenvalue weighted by Gasteiger charge is 2.22. The molecule has 0 N–H and O–H groups in total. The fourth-order valence-electron chi connectivity index (χ4n) is 2.62. The van der Waals surface area contributed by atoms with Gasteiger partial charge in [0.15, 0.2) is 5.58 Å². The van der Waals surface area contributed by atoms with Gasteiger partial charge in [0.1, 0.15) is 5.52 Å². The lowest BCUT2D eigenvalue weighted by Gasteiger charge is -2.33. The third-order valence-electron chi connectivity index (χ3n) is 3.49. The van der Waals surface area contributed by atoms with Crippen molar-refractivity contribution in [1.82, 2.24) is 14.8 Å². The number of likely N-dealkylation sites (N-methyl/N-ethyl adjacent to an activating group) is 1. The average molecular weight is 275 g/mol. The summed E-state index contributed by atoms with van der Waals surface area (Å²) < 4.78 is 11.6. The smallest absolute Gasteiger partial charge is 0.209 e. The standard InChI is InChI=1S/C15H21N3O2/c1-17(2)9-12-10-18(7-8-19-12)11-15-16-13-5-3-4-6-14(13)20-15/h3-6,12H,7-11H2,1-2H3. The van der Waals surface area contributed by atoms with Crippen molar-refractivity contribution in [3.8, 4) is 0 Å². The molecule has 1 atom stereocenters. The van der Waals surface area contributed by atoms with Gasteiger partial charge < -0.3 is 14.1 Å². The number of ether oxygens (including phenoxy) is 1. The zero-order chi connectivity index (χ0) is 13.9. The summed E-state index contributed by atoms with van der Waals surface area (Å²) in [6, 6.07) is 7.89. The summed E-state index contributed by atoms with van der Waals surface area (Å²) in [6.07, 6.45) is 0.267. The molecule has 0 bridgehead atoms. The van der Waals surface area contributed by atoms with E-state index >= 15 is 0 Å². The number of oxazole rings is 1. The number of nitrogens with zero attached hydrogens (tertiary/aromatic N) is 3. The maximum absolute atomic E-state index is 5.78. The second kappa shape index (κ2) is 5.91. The molecule has 1 fully saturated rings. The topological polar surface area (TPSA) is 41.7 Å². The lowest BCUT2D eigenvalue weighted by atomic mass is 10.2. The molecule has 1 aromatic heterocycles. The number of morpholine rings is 1. The summed E-state index contributed by atoms with van der Waals surface area (Å²) in [5.74, 6) is 0.789. The minimum atomic E-state index is 0.267. The molecule has 0 saturated carbocycles. The van der Waals surface area contributed by atoms with Gasteiger partial charge in [0.25, 0.3) is 0 Å². The van der Waals surface area contributed by atoms with Gasteiger partial charge in [0, 0.05) is 19.6 Å². The number of benzene rings is 1. The first kappa shape index (κ1) is 13.5. The van der Waals surface area contributed by atoms with E-state index in [2.05, 4.69) is 28.9 Å². The van der Waals surface area contributed by atoms with Gasteiger partial charge in [-0.1, -0.05) is 12.1 Å². The Morgan fingerprint density at radius 1 is 1.35 bits per heavy atom. The number of para-hydroxylation sites is 2. The minimum Gasteiger partial charge on any atom is -0.439 e. The van der Waals surface area contributed by atoms with Gasteiger partial charge in [0.2, 0.25) is 5.89 Å². The zero-order valence-electron chi connectivity index (χ0n) is 12.1. The third-order valence-corrected chi connectivity index (χ3v) is 3.49. The first-order chi connectivity index (χ1) is 9.70. The van der Waals surface area contributed by atoms with Crippen molar-refractivity contribution in [2.24, 2.45) is 0 Å². The molecule has 5 heteroatoms. The second-order valence-corrected chi connectivity index (χ2v) is 5.57. The molecule has 2 aromatic rings. The van der Waals surface area contributed by atoms with Crippen molar-refractivity contribution in [1.29, 1.82) is 0 Å². The molecular formula is C15H21N3O2. The van der Waals surface area contributed by atoms with Crippen LogP contribution in [0.1, 0.15) is 5.89 Å². The van der Waals surface area contributed by atoms with E-state index in [0.29, 0.717) is 0 Å². The molecule has 108 valence electrons. The molecule has 0 spiro atoms. The number of hydrogen-bond donors (Lipinski definition) is 0. The van der Waals surface area contributed by atoms with Crippen molar-refractivity contribution in [2.45, 2.75) is 12.6 Å². The highest BCUT2D eigenvalue weighted by atomic mass is 16.5. The summed E-state index contributed by atoms with van der Waals surface area (Å²) in [4.78, 5) is 9.04. The molecule has 1 aliphatic rings. The van der Waals surface area contributed by atoms with Gasteiger partial charge in [0.05, 0.1) is 19.3 Å². The second-order valence-electron chi connectivity index (χ2n) is 5.57. The molecule has 3 rings (SSSR count). The van der Waals surface area contributed by atoms with Gasteiger partial charge in [-0.05, 0) is 26.2 Å². The lowest BCUT2D eigenvalue weighted by Crippen LogP contribution is -2.46. The van der Waals surface area contributed by atoms with E-state index in [-0.39, 0.29) is 6.10 Å². The van der Waals surface area contributed by atoms with Crippen molar-refractivity contribution in [3.05, 3.63) is 30.2 Å². The first-order valence-corrected chi connectivity index (χ1v) is 7.04. The van der Waals surface area contributed by atoms with Gasteiger partial charge in [-0.2, -0.15) is 0 Å². The number of aromatic nitrogens is 1. The predicted octanol–water partition coefficient (Wildman–Crippen LogP) is 1.59. The fourth-order valence-corrected chi connectivity index (χ4v) is 2.62. The maximum atomic E-state index is 5.78. The Morgan fingerprint density at radius 3 is 3.00 bits per heavy atom. The Kier molecular flexibility index (Phi) is 4.00. The van der Waals surface area contributed by atoms with E-state index in [0.717, 1.165) is 49.8 Å². The Hall–Kier alpha value is -1.43. The lowest BCUT2D eigenvalue weighted by molar-refractivity contribution is -0.0425.